The molecular weight excluding hydrogens is 386 g/mol. The number of hydrogen-bond donors (Lipinski definition) is 2. The van der Waals surface area contributed by atoms with Gasteiger partial charge in [-0.1, -0.05) is 24.3 Å². The average Bonchev–Trinajstić information content (AvgIpc) is 2.71. The van der Waals surface area contributed by atoms with Gasteiger partial charge in [0.15, 0.2) is 11.0 Å². The molecule has 0 saturated carbocycles. The van der Waals surface area contributed by atoms with Crippen LogP contribution in [0.15, 0.2) is 59.6 Å². The van der Waals surface area contributed by atoms with E-state index in [0.29, 0.717) is 22.0 Å². The van der Waals surface area contributed by atoms with Crippen LogP contribution in [-0.4, -0.2) is 22.2 Å². The van der Waals surface area contributed by atoms with E-state index in [2.05, 4.69) is 15.0 Å². The average molecular weight is 410 g/mol. The van der Waals surface area contributed by atoms with Gasteiger partial charge in [-0.25, -0.2) is 4.21 Å². The lowest BCUT2D eigenvalue weighted by atomic mass is 10.1. The number of nitrogens with one attached hydrogen (secondary N) is 2. The first-order chi connectivity index (χ1) is 13.9. The third kappa shape index (κ3) is 4.63. The van der Waals surface area contributed by atoms with Crippen LogP contribution < -0.4 is 14.8 Å². The predicted molar refractivity (Wildman–Crippen MR) is 116 cm³/mol. The molecule has 29 heavy (non-hydrogen) atoms. The number of rotatable bonds is 6. The van der Waals surface area contributed by atoms with E-state index in [0.717, 1.165) is 22.4 Å². The molecule has 0 aliphatic heterocycles. The number of carbonyl (C=O) groups excluding carboxylic acids is 1. The van der Waals surface area contributed by atoms with Gasteiger partial charge in [0.05, 0.1) is 12.8 Å². The van der Waals surface area contributed by atoms with Crippen molar-refractivity contribution >= 4 is 28.3 Å². The smallest absolute Gasteiger partial charge is 0.274 e. The van der Waals surface area contributed by atoms with Crippen LogP contribution >= 0.6 is 0 Å². The first kappa shape index (κ1) is 20.5. The minimum absolute atomic E-state index is 0.326. The van der Waals surface area contributed by atoms with Gasteiger partial charge in [0.2, 0.25) is 0 Å². The lowest BCUT2D eigenvalue weighted by Gasteiger charge is -2.15. The number of aromatic nitrogens is 1. The number of amides is 1. The number of nitrogens with zero attached hydrogens (tertiary/aromatic N) is 1. The molecule has 1 aromatic heterocycles. The summed E-state index contributed by atoms with van der Waals surface area (Å²) in [6, 6.07) is 14.5. The normalized spacial score (nSPS) is 11.6. The van der Waals surface area contributed by atoms with E-state index in [1.165, 1.54) is 7.11 Å². The highest BCUT2D eigenvalue weighted by Gasteiger charge is 2.16. The fourth-order valence-electron chi connectivity index (χ4n) is 2.94. The summed E-state index contributed by atoms with van der Waals surface area (Å²) in [6.45, 7) is 5.73. The topological polar surface area (TPSA) is 80.3 Å². The van der Waals surface area contributed by atoms with Gasteiger partial charge in [-0.15, -0.1) is 0 Å². The maximum Gasteiger partial charge on any atom is 0.274 e. The molecule has 0 aliphatic rings. The number of pyridine rings is 1. The van der Waals surface area contributed by atoms with Crippen LogP contribution in [-0.2, 0) is 11.0 Å². The van der Waals surface area contributed by atoms with Gasteiger partial charge in [0.1, 0.15) is 16.3 Å². The fraction of sp³-hybridized carbons (Fsp3) is 0.182. The predicted octanol–water partition coefficient (Wildman–Crippen LogP) is 4.40. The molecule has 1 atom stereocenters. The van der Waals surface area contributed by atoms with Gasteiger partial charge < -0.3 is 14.8 Å². The lowest BCUT2D eigenvalue weighted by Crippen LogP contribution is -2.16. The van der Waals surface area contributed by atoms with Crippen molar-refractivity contribution in [2.45, 2.75) is 25.7 Å². The Morgan fingerprint density at radius 2 is 1.69 bits per heavy atom. The number of methoxy groups -OCH3 is 1. The van der Waals surface area contributed by atoms with E-state index in [9.17, 15) is 9.00 Å². The molecule has 1 heterocycles. The summed E-state index contributed by atoms with van der Waals surface area (Å²) in [5, 5.41) is 2.81. The van der Waals surface area contributed by atoms with Gasteiger partial charge in [-0.05, 0) is 61.7 Å². The van der Waals surface area contributed by atoms with E-state index in [1.807, 2.05) is 45.0 Å². The first-order valence-corrected chi connectivity index (χ1v) is 10.2. The van der Waals surface area contributed by atoms with Crippen molar-refractivity contribution < 1.29 is 13.7 Å². The second-order valence-electron chi connectivity index (χ2n) is 6.63. The molecule has 3 aromatic rings. The number of carbonyl (C=O) groups is 1. The molecule has 2 aromatic carbocycles. The molecule has 2 N–H and O–H groups in total. The van der Waals surface area contributed by atoms with Gasteiger partial charge in [-0.2, -0.15) is 0 Å². The van der Waals surface area contributed by atoms with Gasteiger partial charge in [0, 0.05) is 11.9 Å². The SMILES string of the molecule is COc1ccc(NC(=O)c2ncccc2C)cc1S(=O)Nc1c(C)cccc1C. The Labute approximate surface area is 172 Å². The summed E-state index contributed by atoms with van der Waals surface area (Å²) in [5.74, 6) is 0.141. The van der Waals surface area contributed by atoms with Crippen molar-refractivity contribution in [3.8, 4) is 5.75 Å². The molecule has 0 fully saturated rings. The zero-order valence-corrected chi connectivity index (χ0v) is 17.6. The minimum Gasteiger partial charge on any atom is -0.495 e. The minimum atomic E-state index is -1.58. The van der Waals surface area contributed by atoms with Crippen molar-refractivity contribution in [3.05, 3.63) is 77.1 Å². The van der Waals surface area contributed by atoms with Crippen molar-refractivity contribution in [1.82, 2.24) is 4.98 Å². The van der Waals surface area contributed by atoms with Crippen LogP contribution in [0, 0.1) is 20.8 Å². The second-order valence-corrected chi connectivity index (χ2v) is 7.81. The van der Waals surface area contributed by atoms with E-state index in [1.54, 1.807) is 30.5 Å². The standard InChI is InChI=1S/C22H23N3O3S/c1-14-7-5-8-15(2)20(14)25-29(27)19-13-17(10-11-18(19)28-4)24-22(26)21-16(3)9-6-12-23-21/h5-13,25H,1-4H3,(H,24,26). The Hall–Kier alpha value is -3.19. The van der Waals surface area contributed by atoms with Crippen LogP contribution in [0.1, 0.15) is 27.2 Å². The van der Waals surface area contributed by atoms with Crippen LogP contribution in [0.25, 0.3) is 0 Å². The Bertz CT molecular complexity index is 1060. The summed E-state index contributed by atoms with van der Waals surface area (Å²) in [7, 11) is -0.0639. The van der Waals surface area contributed by atoms with Gasteiger partial charge in [0.25, 0.3) is 5.91 Å². The Morgan fingerprint density at radius 3 is 2.34 bits per heavy atom. The van der Waals surface area contributed by atoms with Crippen molar-refractivity contribution in [3.63, 3.8) is 0 Å². The summed E-state index contributed by atoms with van der Waals surface area (Å²) in [5.41, 5.74) is 4.43. The molecule has 6 nitrogen and oxygen atoms in total. The van der Waals surface area contributed by atoms with Crippen molar-refractivity contribution in [2.24, 2.45) is 0 Å². The van der Waals surface area contributed by atoms with Crippen LogP contribution in [0.3, 0.4) is 0 Å². The molecule has 1 unspecified atom stereocenters. The molecule has 0 bridgehead atoms. The molecule has 0 aliphatic carbocycles. The summed E-state index contributed by atoms with van der Waals surface area (Å²) < 4.78 is 21.5. The molecular formula is C22H23N3O3S. The summed E-state index contributed by atoms with van der Waals surface area (Å²) >= 11 is 0. The summed E-state index contributed by atoms with van der Waals surface area (Å²) in [6.07, 6.45) is 1.57. The molecule has 0 saturated heterocycles. The highest BCUT2D eigenvalue weighted by atomic mass is 32.2. The maximum atomic E-state index is 13.1. The largest absolute Gasteiger partial charge is 0.495 e. The molecule has 0 radical (unpaired) electrons. The van der Waals surface area contributed by atoms with Crippen LogP contribution in [0.4, 0.5) is 11.4 Å². The van der Waals surface area contributed by atoms with Crippen LogP contribution in [0.5, 0.6) is 5.75 Å². The molecule has 7 heteroatoms. The number of anilines is 2. The second kappa shape index (κ2) is 8.87. The highest BCUT2D eigenvalue weighted by Crippen LogP contribution is 2.29. The van der Waals surface area contributed by atoms with Crippen LogP contribution in [0.2, 0.25) is 0 Å². The zero-order valence-electron chi connectivity index (χ0n) is 16.8. The zero-order chi connectivity index (χ0) is 21.0. The maximum absolute atomic E-state index is 13.1. The first-order valence-electron chi connectivity index (χ1n) is 9.06. The monoisotopic (exact) mass is 409 g/mol. The quantitative estimate of drug-likeness (QED) is 0.632. The highest BCUT2D eigenvalue weighted by molar-refractivity contribution is 7.86. The van der Waals surface area contributed by atoms with Crippen molar-refractivity contribution in [1.29, 1.82) is 0 Å². The summed E-state index contributed by atoms with van der Waals surface area (Å²) in [4.78, 5) is 17.1. The van der Waals surface area contributed by atoms with E-state index in [-0.39, 0.29) is 5.91 Å². The Morgan fingerprint density at radius 1 is 1.00 bits per heavy atom. The molecule has 0 spiro atoms. The third-order valence-electron chi connectivity index (χ3n) is 4.52. The van der Waals surface area contributed by atoms with E-state index in [4.69, 9.17) is 4.74 Å². The number of benzene rings is 2. The lowest BCUT2D eigenvalue weighted by molar-refractivity contribution is 0.102. The molecule has 3 rings (SSSR count). The van der Waals surface area contributed by atoms with E-state index >= 15 is 0 Å². The number of para-hydroxylation sites is 1. The van der Waals surface area contributed by atoms with Crippen molar-refractivity contribution in [2.75, 3.05) is 17.1 Å². The Balaban J connectivity index is 1.88. The fourth-order valence-corrected chi connectivity index (χ4v) is 4.12. The molecule has 150 valence electrons. The van der Waals surface area contributed by atoms with E-state index < -0.39 is 11.0 Å². The molecule has 1 amide bonds. The Kier molecular flexibility index (Phi) is 6.29. The number of aryl methyl sites for hydroxylation is 3. The number of hydrogen-bond acceptors (Lipinski definition) is 4. The third-order valence-corrected chi connectivity index (χ3v) is 5.63. The number of ether oxygens (including phenoxy) is 1. The van der Waals surface area contributed by atoms with Gasteiger partial charge in [-0.3, -0.25) is 9.78 Å². The van der Waals surface area contributed by atoms with Gasteiger partial charge >= 0.3 is 0 Å².